The van der Waals surface area contributed by atoms with Crippen molar-refractivity contribution in [3.63, 3.8) is 0 Å². The number of carbonyl (C=O) groups excluding carboxylic acids is 2. The topological polar surface area (TPSA) is 70.7 Å². The summed E-state index contributed by atoms with van der Waals surface area (Å²) in [5.74, 6) is -0.926. The highest BCUT2D eigenvalue weighted by Gasteiger charge is 2.26. The Morgan fingerprint density at radius 2 is 1.71 bits per heavy atom. The molecule has 0 aliphatic carbocycles. The van der Waals surface area contributed by atoms with Crippen LogP contribution in [0.2, 0.25) is 0 Å². The van der Waals surface area contributed by atoms with Crippen LogP contribution in [0.4, 0.5) is 9.18 Å². The molecule has 1 aromatic carbocycles. The van der Waals surface area contributed by atoms with Gasteiger partial charge in [0, 0.05) is 18.7 Å². The second-order valence-electron chi connectivity index (χ2n) is 5.05. The molecule has 0 aromatic heterocycles. The van der Waals surface area contributed by atoms with Crippen molar-refractivity contribution in [3.8, 4) is 0 Å². The van der Waals surface area contributed by atoms with E-state index >= 15 is 0 Å². The number of hydrogen-bond acceptors (Lipinski definition) is 3. The van der Waals surface area contributed by atoms with E-state index in [-0.39, 0.29) is 17.8 Å². The number of urea groups is 1. The Balaban J connectivity index is 1.86. The minimum absolute atomic E-state index is 0.0488. The largest absolute Gasteiger partial charge is 0.372 e. The number of nitrogens with zero attached hydrogens (tertiary/aromatic N) is 1. The third-order valence-electron chi connectivity index (χ3n) is 3.10. The van der Waals surface area contributed by atoms with E-state index in [9.17, 15) is 14.0 Å². The summed E-state index contributed by atoms with van der Waals surface area (Å²) in [4.78, 5) is 25.3. The lowest BCUT2D eigenvalue weighted by Gasteiger charge is -2.35. The molecule has 114 valence electrons. The van der Waals surface area contributed by atoms with Crippen molar-refractivity contribution in [2.45, 2.75) is 26.1 Å². The van der Waals surface area contributed by atoms with Gasteiger partial charge in [-0.1, -0.05) is 0 Å². The van der Waals surface area contributed by atoms with Crippen LogP contribution in [0.15, 0.2) is 24.3 Å². The lowest BCUT2D eigenvalue weighted by atomic mass is 10.2. The third kappa shape index (κ3) is 4.16. The maximum absolute atomic E-state index is 12.8. The first kappa shape index (κ1) is 15.2. The summed E-state index contributed by atoms with van der Waals surface area (Å²) >= 11 is 0. The molecule has 3 amide bonds. The van der Waals surface area contributed by atoms with E-state index in [1.165, 1.54) is 24.3 Å². The van der Waals surface area contributed by atoms with Gasteiger partial charge in [-0.05, 0) is 38.1 Å². The Bertz CT molecular complexity index is 511. The fourth-order valence-electron chi connectivity index (χ4n) is 2.21. The Morgan fingerprint density at radius 1 is 1.14 bits per heavy atom. The summed E-state index contributed by atoms with van der Waals surface area (Å²) in [6.07, 6.45) is -0.0976. The molecular weight excluding hydrogens is 277 g/mol. The highest BCUT2D eigenvalue weighted by Crippen LogP contribution is 2.10. The molecule has 2 N–H and O–H groups in total. The fourth-order valence-corrected chi connectivity index (χ4v) is 2.21. The molecule has 7 heteroatoms. The van der Waals surface area contributed by atoms with Crippen LogP contribution >= 0.6 is 0 Å². The first-order valence-electron chi connectivity index (χ1n) is 6.72. The van der Waals surface area contributed by atoms with Gasteiger partial charge in [0.2, 0.25) is 0 Å². The Labute approximate surface area is 122 Å². The standard InChI is InChI=1S/C14H18FN3O3/c1-9-7-18(8-10(2)21-9)14(20)17-16-13(19)11-3-5-12(15)6-4-11/h3-6,9-10H,7-8H2,1-2H3,(H,16,19)(H,17,20). The Hall–Kier alpha value is -2.15. The van der Waals surface area contributed by atoms with Crippen molar-refractivity contribution in [2.75, 3.05) is 13.1 Å². The zero-order valence-corrected chi connectivity index (χ0v) is 11.9. The number of morpholine rings is 1. The molecule has 1 saturated heterocycles. The quantitative estimate of drug-likeness (QED) is 0.767. The molecule has 1 aliphatic rings. The minimum atomic E-state index is -0.502. The molecule has 2 unspecified atom stereocenters. The van der Waals surface area contributed by atoms with Crippen molar-refractivity contribution < 1.29 is 18.7 Å². The van der Waals surface area contributed by atoms with Gasteiger partial charge in [0.15, 0.2) is 0 Å². The third-order valence-corrected chi connectivity index (χ3v) is 3.10. The second kappa shape index (κ2) is 6.53. The smallest absolute Gasteiger partial charge is 0.336 e. The van der Waals surface area contributed by atoms with E-state index in [4.69, 9.17) is 4.74 Å². The minimum Gasteiger partial charge on any atom is -0.372 e. The van der Waals surface area contributed by atoms with Gasteiger partial charge in [-0.15, -0.1) is 0 Å². The van der Waals surface area contributed by atoms with Crippen molar-refractivity contribution >= 4 is 11.9 Å². The van der Waals surface area contributed by atoms with E-state index in [1.54, 1.807) is 4.90 Å². The predicted octanol–water partition coefficient (Wildman–Crippen LogP) is 1.29. The average Bonchev–Trinajstić information content (AvgIpc) is 2.44. The summed E-state index contributed by atoms with van der Waals surface area (Å²) < 4.78 is 18.3. The monoisotopic (exact) mass is 295 g/mol. The van der Waals surface area contributed by atoms with Gasteiger partial charge in [-0.3, -0.25) is 10.2 Å². The number of benzene rings is 1. The van der Waals surface area contributed by atoms with Gasteiger partial charge < -0.3 is 9.64 Å². The van der Waals surface area contributed by atoms with Gasteiger partial charge in [-0.25, -0.2) is 14.6 Å². The van der Waals surface area contributed by atoms with Gasteiger partial charge >= 0.3 is 6.03 Å². The second-order valence-corrected chi connectivity index (χ2v) is 5.05. The van der Waals surface area contributed by atoms with Gasteiger partial charge in [0.1, 0.15) is 5.82 Å². The average molecular weight is 295 g/mol. The summed E-state index contributed by atoms with van der Waals surface area (Å²) in [5.41, 5.74) is 4.91. The highest BCUT2D eigenvalue weighted by atomic mass is 19.1. The van der Waals surface area contributed by atoms with Crippen LogP contribution in [-0.4, -0.2) is 42.1 Å². The van der Waals surface area contributed by atoms with Gasteiger partial charge in [0.05, 0.1) is 12.2 Å². The summed E-state index contributed by atoms with van der Waals surface area (Å²) in [6.45, 7) is 4.69. The molecule has 2 atom stereocenters. The Morgan fingerprint density at radius 3 is 2.29 bits per heavy atom. The molecule has 0 bridgehead atoms. The lowest BCUT2D eigenvalue weighted by molar-refractivity contribution is -0.0547. The Kier molecular flexibility index (Phi) is 4.74. The van der Waals surface area contributed by atoms with E-state index in [2.05, 4.69) is 10.9 Å². The molecule has 1 aromatic rings. The number of hydrazine groups is 1. The first-order valence-corrected chi connectivity index (χ1v) is 6.72. The van der Waals surface area contributed by atoms with Crippen LogP contribution in [0.5, 0.6) is 0 Å². The number of hydrogen-bond donors (Lipinski definition) is 2. The number of nitrogens with one attached hydrogen (secondary N) is 2. The van der Waals surface area contributed by atoms with Crippen LogP contribution < -0.4 is 10.9 Å². The van der Waals surface area contributed by atoms with Crippen molar-refractivity contribution in [1.82, 2.24) is 15.8 Å². The summed E-state index contributed by atoms with van der Waals surface area (Å²) in [6, 6.07) is 4.66. The van der Waals surface area contributed by atoms with Gasteiger partial charge in [-0.2, -0.15) is 0 Å². The van der Waals surface area contributed by atoms with Gasteiger partial charge in [0.25, 0.3) is 5.91 Å². The molecule has 0 saturated carbocycles. The van der Waals surface area contributed by atoms with E-state index in [0.717, 1.165) is 0 Å². The fraction of sp³-hybridized carbons (Fsp3) is 0.429. The normalized spacial score (nSPS) is 21.8. The van der Waals surface area contributed by atoms with Crippen molar-refractivity contribution in [2.24, 2.45) is 0 Å². The van der Waals surface area contributed by atoms with Crippen LogP contribution in [-0.2, 0) is 4.74 Å². The van der Waals surface area contributed by atoms with Crippen LogP contribution in [0.1, 0.15) is 24.2 Å². The van der Waals surface area contributed by atoms with E-state index in [1.807, 2.05) is 13.8 Å². The van der Waals surface area contributed by atoms with Crippen LogP contribution in [0.3, 0.4) is 0 Å². The molecular formula is C14H18FN3O3. The molecule has 1 heterocycles. The number of ether oxygens (including phenoxy) is 1. The number of amides is 3. The zero-order valence-electron chi connectivity index (χ0n) is 11.9. The molecule has 0 spiro atoms. The van der Waals surface area contributed by atoms with Crippen molar-refractivity contribution in [3.05, 3.63) is 35.6 Å². The van der Waals surface area contributed by atoms with Crippen LogP contribution in [0, 0.1) is 5.82 Å². The van der Waals surface area contributed by atoms with Crippen LogP contribution in [0.25, 0.3) is 0 Å². The molecule has 0 radical (unpaired) electrons. The molecule has 2 rings (SSSR count). The number of carbonyl (C=O) groups is 2. The zero-order chi connectivity index (χ0) is 15.4. The number of rotatable bonds is 1. The summed E-state index contributed by atoms with van der Waals surface area (Å²) in [7, 11) is 0. The first-order chi connectivity index (χ1) is 9.95. The maximum atomic E-state index is 12.8. The number of halogens is 1. The lowest BCUT2D eigenvalue weighted by Crippen LogP contribution is -2.55. The SMILES string of the molecule is CC1CN(C(=O)NNC(=O)c2ccc(F)cc2)CC(C)O1. The maximum Gasteiger partial charge on any atom is 0.336 e. The predicted molar refractivity (Wildman–Crippen MR) is 74.0 cm³/mol. The molecule has 6 nitrogen and oxygen atoms in total. The molecule has 1 fully saturated rings. The highest BCUT2D eigenvalue weighted by molar-refractivity contribution is 5.95. The van der Waals surface area contributed by atoms with E-state index in [0.29, 0.717) is 13.1 Å². The molecule has 21 heavy (non-hydrogen) atoms. The summed E-state index contributed by atoms with van der Waals surface area (Å²) in [5, 5.41) is 0. The van der Waals surface area contributed by atoms with E-state index < -0.39 is 17.8 Å². The van der Waals surface area contributed by atoms with Crippen molar-refractivity contribution in [1.29, 1.82) is 0 Å². The molecule has 1 aliphatic heterocycles.